The highest BCUT2D eigenvalue weighted by Crippen LogP contribution is 2.22. The average molecular weight is 245 g/mol. The Kier molecular flexibility index (Phi) is 2.64. The zero-order valence-corrected chi connectivity index (χ0v) is 9.14. The molecule has 1 aromatic rings. The van der Waals surface area contributed by atoms with Gasteiger partial charge in [-0.2, -0.15) is 10.1 Å². The first kappa shape index (κ1) is 11.0. The predicted octanol–water partition coefficient (Wildman–Crippen LogP) is -1.55. The van der Waals surface area contributed by atoms with Crippen LogP contribution in [0.4, 0.5) is 5.95 Å². The van der Waals surface area contributed by atoms with E-state index in [1.165, 1.54) is 11.2 Å². The average Bonchev–Trinajstić information content (AvgIpc) is 2.71. The molecule has 1 saturated heterocycles. The van der Waals surface area contributed by atoms with Crippen molar-refractivity contribution in [3.8, 4) is 0 Å². The number of aromatic nitrogens is 3. The van der Waals surface area contributed by atoms with Gasteiger partial charge in [0.1, 0.15) is 6.33 Å². The first-order chi connectivity index (χ1) is 7.46. The third-order valence-electron chi connectivity index (χ3n) is 2.33. The first-order valence-electron chi connectivity index (χ1n) is 4.62. The second-order valence-electron chi connectivity index (χ2n) is 3.71. The molecule has 2 rings (SSSR count). The summed E-state index contributed by atoms with van der Waals surface area (Å²) in [4.78, 5) is 16.8. The molecule has 1 atom stereocenters. The molecule has 0 aliphatic carbocycles. The number of nitrogens with two attached hydrogens (primary N) is 1. The fraction of sp³-hybridized carbons (Fsp3) is 0.571. The summed E-state index contributed by atoms with van der Waals surface area (Å²) in [6, 6.07) is 0. The molecule has 9 heteroatoms. The summed E-state index contributed by atoms with van der Waals surface area (Å²) in [6.45, 7) is 0.296. The second-order valence-corrected chi connectivity index (χ2v) is 5.37. The van der Waals surface area contributed by atoms with Crippen molar-refractivity contribution < 1.29 is 13.2 Å². The van der Waals surface area contributed by atoms with Crippen LogP contribution >= 0.6 is 0 Å². The van der Waals surface area contributed by atoms with Crippen LogP contribution in [-0.2, 0) is 14.8 Å². The third kappa shape index (κ3) is 2.36. The van der Waals surface area contributed by atoms with Gasteiger partial charge in [-0.3, -0.25) is 9.69 Å². The van der Waals surface area contributed by atoms with Gasteiger partial charge in [0.25, 0.3) is 0 Å². The number of hydrogen-bond donors (Lipinski definition) is 2. The van der Waals surface area contributed by atoms with Gasteiger partial charge in [-0.25, -0.2) is 18.7 Å². The topological polar surface area (TPSA) is 122 Å². The number of H-pyrrole nitrogens is 1. The SMILES string of the molecule is NS(=O)(=O)CC1CC(=O)N(c2ncn[nH]2)C1. The number of carbonyl (C=O) groups excluding carboxylic acids is 1. The van der Waals surface area contributed by atoms with E-state index in [-0.39, 0.29) is 24.0 Å². The maximum absolute atomic E-state index is 11.6. The van der Waals surface area contributed by atoms with Crippen LogP contribution in [-0.4, -0.2) is 41.8 Å². The van der Waals surface area contributed by atoms with Gasteiger partial charge >= 0.3 is 0 Å². The van der Waals surface area contributed by atoms with Crippen molar-refractivity contribution in [3.05, 3.63) is 6.33 Å². The van der Waals surface area contributed by atoms with E-state index in [2.05, 4.69) is 15.2 Å². The number of anilines is 1. The first-order valence-corrected chi connectivity index (χ1v) is 6.33. The molecule has 16 heavy (non-hydrogen) atoms. The van der Waals surface area contributed by atoms with E-state index in [4.69, 9.17) is 5.14 Å². The fourth-order valence-electron chi connectivity index (χ4n) is 1.76. The van der Waals surface area contributed by atoms with E-state index in [1.807, 2.05) is 0 Å². The Bertz CT molecular complexity index is 482. The minimum Gasteiger partial charge on any atom is -0.281 e. The second kappa shape index (κ2) is 3.83. The number of rotatable bonds is 3. The molecule has 1 fully saturated rings. The monoisotopic (exact) mass is 245 g/mol. The predicted molar refractivity (Wildman–Crippen MR) is 54.8 cm³/mol. The summed E-state index contributed by atoms with van der Waals surface area (Å²) in [5.41, 5.74) is 0. The van der Waals surface area contributed by atoms with Gasteiger partial charge in [0.05, 0.1) is 5.75 Å². The van der Waals surface area contributed by atoms with Crippen LogP contribution in [0.25, 0.3) is 0 Å². The van der Waals surface area contributed by atoms with E-state index in [9.17, 15) is 13.2 Å². The Morgan fingerprint density at radius 1 is 1.62 bits per heavy atom. The van der Waals surface area contributed by atoms with Crippen LogP contribution in [0.3, 0.4) is 0 Å². The largest absolute Gasteiger partial charge is 0.281 e. The Hall–Kier alpha value is -1.48. The molecule has 0 saturated carbocycles. The number of nitrogens with one attached hydrogen (secondary N) is 1. The normalized spacial score (nSPS) is 21.7. The van der Waals surface area contributed by atoms with Gasteiger partial charge in [0.15, 0.2) is 0 Å². The number of primary sulfonamides is 1. The number of sulfonamides is 1. The summed E-state index contributed by atoms with van der Waals surface area (Å²) < 4.78 is 21.8. The number of hydrogen-bond acceptors (Lipinski definition) is 5. The van der Waals surface area contributed by atoms with Crippen LogP contribution in [0.15, 0.2) is 6.33 Å². The molecule has 1 unspecified atom stereocenters. The molecule has 3 N–H and O–H groups in total. The van der Waals surface area contributed by atoms with Gasteiger partial charge in [-0.15, -0.1) is 0 Å². The quantitative estimate of drug-likeness (QED) is 0.667. The molecule has 2 heterocycles. The van der Waals surface area contributed by atoms with Crippen LogP contribution in [0.1, 0.15) is 6.42 Å². The maximum atomic E-state index is 11.6. The minimum absolute atomic E-state index is 0.164. The highest BCUT2D eigenvalue weighted by molar-refractivity contribution is 7.89. The molecule has 0 bridgehead atoms. The highest BCUT2D eigenvalue weighted by Gasteiger charge is 2.33. The van der Waals surface area contributed by atoms with Crippen molar-refractivity contribution in [1.82, 2.24) is 15.2 Å². The fourth-order valence-corrected chi connectivity index (χ4v) is 2.64. The lowest BCUT2D eigenvalue weighted by atomic mass is 10.1. The summed E-state index contributed by atoms with van der Waals surface area (Å²) in [5.74, 6) is -0.316. The molecule has 0 aromatic carbocycles. The van der Waals surface area contributed by atoms with E-state index >= 15 is 0 Å². The van der Waals surface area contributed by atoms with Crippen molar-refractivity contribution in [1.29, 1.82) is 0 Å². The number of nitrogens with zero attached hydrogens (tertiary/aromatic N) is 3. The summed E-state index contributed by atoms with van der Waals surface area (Å²) in [5, 5.41) is 11.1. The van der Waals surface area contributed by atoms with Gasteiger partial charge in [-0.05, 0) is 0 Å². The smallest absolute Gasteiger partial charge is 0.229 e. The van der Waals surface area contributed by atoms with Gasteiger partial charge in [-0.1, -0.05) is 0 Å². The molecule has 1 aromatic heterocycles. The molecule has 1 aliphatic heterocycles. The zero-order chi connectivity index (χ0) is 11.8. The minimum atomic E-state index is -3.55. The zero-order valence-electron chi connectivity index (χ0n) is 8.33. The van der Waals surface area contributed by atoms with Gasteiger partial charge < -0.3 is 0 Å². The van der Waals surface area contributed by atoms with Crippen LogP contribution in [0.2, 0.25) is 0 Å². The number of carbonyl (C=O) groups is 1. The van der Waals surface area contributed by atoms with E-state index < -0.39 is 10.0 Å². The number of aromatic amines is 1. The van der Waals surface area contributed by atoms with Gasteiger partial charge in [0.2, 0.25) is 21.9 Å². The summed E-state index contributed by atoms with van der Waals surface area (Å²) >= 11 is 0. The van der Waals surface area contributed by atoms with Crippen LogP contribution in [0.5, 0.6) is 0 Å². The lowest BCUT2D eigenvalue weighted by Gasteiger charge is -2.11. The molecule has 1 amide bonds. The molecule has 8 nitrogen and oxygen atoms in total. The highest BCUT2D eigenvalue weighted by atomic mass is 32.2. The lowest BCUT2D eigenvalue weighted by Crippen LogP contribution is -2.28. The van der Waals surface area contributed by atoms with Crippen LogP contribution < -0.4 is 10.0 Å². The number of amides is 1. The third-order valence-corrected chi connectivity index (χ3v) is 3.27. The maximum Gasteiger partial charge on any atom is 0.229 e. The summed E-state index contributed by atoms with van der Waals surface area (Å²) in [7, 11) is -3.55. The van der Waals surface area contributed by atoms with Crippen molar-refractivity contribution in [2.24, 2.45) is 11.1 Å². The van der Waals surface area contributed by atoms with Crippen LogP contribution in [0, 0.1) is 5.92 Å². The van der Waals surface area contributed by atoms with E-state index in [0.29, 0.717) is 12.5 Å². The Morgan fingerprint density at radius 3 is 2.94 bits per heavy atom. The Balaban J connectivity index is 2.08. The lowest BCUT2D eigenvalue weighted by molar-refractivity contribution is -0.117. The van der Waals surface area contributed by atoms with Crippen molar-refractivity contribution in [2.45, 2.75) is 6.42 Å². The van der Waals surface area contributed by atoms with Crippen molar-refractivity contribution >= 4 is 21.9 Å². The molecular formula is C7H11N5O3S. The Labute approximate surface area is 91.9 Å². The van der Waals surface area contributed by atoms with Gasteiger partial charge in [0, 0.05) is 18.9 Å². The molecule has 88 valence electrons. The van der Waals surface area contributed by atoms with E-state index in [1.54, 1.807) is 0 Å². The standard InChI is InChI=1S/C7H11N5O3S/c8-16(14,15)3-5-1-6(13)12(2-5)7-9-4-10-11-7/h4-5H,1-3H2,(H2,8,14,15)(H,9,10,11). The molecule has 0 spiro atoms. The Morgan fingerprint density at radius 2 is 2.38 bits per heavy atom. The van der Waals surface area contributed by atoms with Crippen molar-refractivity contribution in [3.63, 3.8) is 0 Å². The van der Waals surface area contributed by atoms with Crippen molar-refractivity contribution in [2.75, 3.05) is 17.2 Å². The molecule has 0 radical (unpaired) electrons. The molecule has 1 aliphatic rings. The summed E-state index contributed by atoms with van der Waals surface area (Å²) in [6.07, 6.45) is 1.45. The van der Waals surface area contributed by atoms with E-state index in [0.717, 1.165) is 0 Å². The molecular weight excluding hydrogens is 234 g/mol.